The van der Waals surface area contributed by atoms with Gasteiger partial charge in [0.2, 0.25) is 0 Å². The lowest BCUT2D eigenvalue weighted by Gasteiger charge is -2.47. The first-order valence-electron chi connectivity index (χ1n) is 7.47. The third kappa shape index (κ3) is 2.27. The van der Waals surface area contributed by atoms with Crippen LogP contribution in [0.5, 0.6) is 11.5 Å². The average molecular weight is 277 g/mol. The molecule has 1 aromatic rings. The maximum atomic E-state index is 5.85. The second-order valence-corrected chi connectivity index (χ2v) is 5.52. The van der Waals surface area contributed by atoms with Gasteiger partial charge in [0.1, 0.15) is 13.2 Å². The van der Waals surface area contributed by atoms with Gasteiger partial charge in [0, 0.05) is 7.11 Å². The Balaban J connectivity index is 1.91. The minimum Gasteiger partial charge on any atom is -0.486 e. The van der Waals surface area contributed by atoms with Crippen LogP contribution in [0.25, 0.3) is 0 Å². The van der Waals surface area contributed by atoms with Gasteiger partial charge in [0.15, 0.2) is 11.5 Å². The van der Waals surface area contributed by atoms with Gasteiger partial charge in [-0.05, 0) is 43.5 Å². The van der Waals surface area contributed by atoms with Crippen LogP contribution >= 0.6 is 0 Å². The van der Waals surface area contributed by atoms with Gasteiger partial charge in [-0.25, -0.2) is 0 Å². The van der Waals surface area contributed by atoms with Crippen molar-refractivity contribution >= 4 is 0 Å². The normalized spacial score (nSPS) is 21.1. The van der Waals surface area contributed by atoms with Gasteiger partial charge in [-0.1, -0.05) is 13.0 Å². The topological polar surface area (TPSA) is 39.7 Å². The maximum Gasteiger partial charge on any atom is 0.161 e. The second-order valence-electron chi connectivity index (χ2n) is 5.52. The summed E-state index contributed by atoms with van der Waals surface area (Å²) in [5.74, 6) is 1.69. The predicted molar refractivity (Wildman–Crippen MR) is 77.4 cm³/mol. The molecule has 0 radical (unpaired) electrons. The van der Waals surface area contributed by atoms with Crippen LogP contribution in [-0.2, 0) is 4.74 Å². The summed E-state index contributed by atoms with van der Waals surface area (Å²) < 4.78 is 17.1. The summed E-state index contributed by atoms with van der Waals surface area (Å²) in [6, 6.07) is 6.44. The average Bonchev–Trinajstić information content (AvgIpc) is 2.45. The Morgan fingerprint density at radius 1 is 1.25 bits per heavy atom. The Hall–Kier alpha value is -1.26. The zero-order valence-electron chi connectivity index (χ0n) is 12.3. The molecular weight excluding hydrogens is 254 g/mol. The SMILES string of the molecule is CCNC(c1ccc2c(c1)OCCO2)C1(OC)CCC1. The molecule has 0 saturated heterocycles. The number of likely N-dealkylation sites (N-methyl/N-ethyl adjacent to an activating group) is 1. The van der Waals surface area contributed by atoms with Crippen LogP contribution in [0.15, 0.2) is 18.2 Å². The standard InChI is InChI=1S/C16H23NO3/c1-3-17-15(16(18-2)7-4-8-16)12-5-6-13-14(11-12)20-10-9-19-13/h5-6,11,15,17H,3-4,7-10H2,1-2H3. The van der Waals surface area contributed by atoms with Gasteiger partial charge >= 0.3 is 0 Å². The van der Waals surface area contributed by atoms with Crippen molar-refractivity contribution in [3.63, 3.8) is 0 Å². The van der Waals surface area contributed by atoms with E-state index < -0.39 is 0 Å². The van der Waals surface area contributed by atoms with Gasteiger partial charge in [0.25, 0.3) is 0 Å². The summed E-state index contributed by atoms with van der Waals surface area (Å²) in [5.41, 5.74) is 1.15. The minimum absolute atomic E-state index is 0.0697. The molecule has 20 heavy (non-hydrogen) atoms. The molecule has 3 rings (SSSR count). The maximum absolute atomic E-state index is 5.85. The summed E-state index contributed by atoms with van der Waals surface area (Å²) in [5, 5.41) is 3.58. The number of hydrogen-bond donors (Lipinski definition) is 1. The van der Waals surface area contributed by atoms with Crippen LogP contribution in [0.3, 0.4) is 0 Å². The summed E-state index contributed by atoms with van der Waals surface area (Å²) in [6.45, 7) is 4.31. The molecule has 0 aromatic heterocycles. The molecule has 1 saturated carbocycles. The van der Waals surface area contributed by atoms with Gasteiger partial charge in [-0.3, -0.25) is 0 Å². The van der Waals surface area contributed by atoms with E-state index in [9.17, 15) is 0 Å². The van der Waals surface area contributed by atoms with E-state index in [-0.39, 0.29) is 11.6 Å². The number of rotatable bonds is 5. The van der Waals surface area contributed by atoms with E-state index in [1.54, 1.807) is 0 Å². The largest absolute Gasteiger partial charge is 0.486 e. The molecule has 1 aromatic carbocycles. The van der Waals surface area contributed by atoms with Crippen LogP contribution in [-0.4, -0.2) is 32.5 Å². The molecule has 0 bridgehead atoms. The van der Waals surface area contributed by atoms with Crippen molar-refractivity contribution < 1.29 is 14.2 Å². The molecule has 2 aliphatic rings. The molecule has 0 spiro atoms. The van der Waals surface area contributed by atoms with Gasteiger partial charge < -0.3 is 19.5 Å². The Morgan fingerprint density at radius 2 is 2.00 bits per heavy atom. The number of ether oxygens (including phenoxy) is 3. The fourth-order valence-corrected chi connectivity index (χ4v) is 3.19. The molecule has 1 fully saturated rings. The van der Waals surface area contributed by atoms with Crippen LogP contribution in [0.4, 0.5) is 0 Å². The Kier molecular flexibility index (Phi) is 3.85. The third-order valence-corrected chi connectivity index (χ3v) is 4.44. The van der Waals surface area contributed by atoms with Crippen molar-refractivity contribution in [1.29, 1.82) is 0 Å². The van der Waals surface area contributed by atoms with Crippen LogP contribution in [0.1, 0.15) is 37.8 Å². The summed E-state index contributed by atoms with van der Waals surface area (Å²) in [4.78, 5) is 0. The van der Waals surface area contributed by atoms with Crippen molar-refractivity contribution in [2.45, 2.75) is 37.8 Å². The highest BCUT2D eigenvalue weighted by Crippen LogP contribution is 2.46. The number of nitrogens with one attached hydrogen (secondary N) is 1. The Labute approximate surface area is 120 Å². The number of fused-ring (bicyclic) bond motifs is 1. The fraction of sp³-hybridized carbons (Fsp3) is 0.625. The van der Waals surface area contributed by atoms with E-state index in [1.165, 1.54) is 12.0 Å². The zero-order chi connectivity index (χ0) is 14.0. The third-order valence-electron chi connectivity index (χ3n) is 4.44. The van der Waals surface area contributed by atoms with Crippen LogP contribution in [0, 0.1) is 0 Å². The number of benzene rings is 1. The zero-order valence-corrected chi connectivity index (χ0v) is 12.3. The van der Waals surface area contributed by atoms with E-state index >= 15 is 0 Å². The first-order chi connectivity index (χ1) is 9.79. The van der Waals surface area contributed by atoms with Crippen molar-refractivity contribution in [2.24, 2.45) is 0 Å². The molecule has 4 nitrogen and oxygen atoms in total. The van der Waals surface area contributed by atoms with Crippen LogP contribution < -0.4 is 14.8 Å². The van der Waals surface area contributed by atoms with Crippen molar-refractivity contribution in [3.05, 3.63) is 23.8 Å². The van der Waals surface area contributed by atoms with E-state index in [1.807, 2.05) is 13.2 Å². The Bertz CT molecular complexity index is 465. The second kappa shape index (κ2) is 5.62. The van der Waals surface area contributed by atoms with Gasteiger partial charge in [-0.2, -0.15) is 0 Å². The molecule has 1 unspecified atom stereocenters. The fourth-order valence-electron chi connectivity index (χ4n) is 3.19. The van der Waals surface area contributed by atoms with E-state index in [4.69, 9.17) is 14.2 Å². The predicted octanol–water partition coefficient (Wildman–Crippen LogP) is 2.68. The van der Waals surface area contributed by atoms with E-state index in [0.717, 1.165) is 30.9 Å². The van der Waals surface area contributed by atoms with E-state index in [2.05, 4.69) is 24.4 Å². The van der Waals surface area contributed by atoms with Gasteiger partial charge in [0.05, 0.1) is 11.6 Å². The number of hydrogen-bond acceptors (Lipinski definition) is 4. The smallest absolute Gasteiger partial charge is 0.161 e. The van der Waals surface area contributed by atoms with Crippen molar-refractivity contribution in [1.82, 2.24) is 5.32 Å². The summed E-state index contributed by atoms with van der Waals surface area (Å²) >= 11 is 0. The van der Waals surface area contributed by atoms with E-state index in [0.29, 0.717) is 13.2 Å². The van der Waals surface area contributed by atoms with Gasteiger partial charge in [-0.15, -0.1) is 0 Å². The molecule has 1 aliphatic heterocycles. The lowest BCUT2D eigenvalue weighted by atomic mass is 9.72. The first kappa shape index (κ1) is 13.7. The van der Waals surface area contributed by atoms with Crippen molar-refractivity contribution in [3.8, 4) is 11.5 Å². The molecule has 4 heteroatoms. The summed E-state index contributed by atoms with van der Waals surface area (Å²) in [7, 11) is 1.82. The lowest BCUT2D eigenvalue weighted by molar-refractivity contribution is -0.0995. The highest BCUT2D eigenvalue weighted by molar-refractivity contribution is 5.45. The quantitative estimate of drug-likeness (QED) is 0.898. The highest BCUT2D eigenvalue weighted by Gasteiger charge is 2.45. The number of methoxy groups -OCH3 is 1. The lowest BCUT2D eigenvalue weighted by Crippen LogP contribution is -2.50. The molecule has 1 aliphatic carbocycles. The molecule has 0 amide bonds. The monoisotopic (exact) mass is 277 g/mol. The molecule has 1 N–H and O–H groups in total. The molecule has 110 valence electrons. The van der Waals surface area contributed by atoms with Crippen molar-refractivity contribution in [2.75, 3.05) is 26.9 Å². The van der Waals surface area contributed by atoms with Crippen LogP contribution in [0.2, 0.25) is 0 Å². The highest BCUT2D eigenvalue weighted by atomic mass is 16.6. The molecular formula is C16H23NO3. The molecule has 1 heterocycles. The molecule has 1 atom stereocenters. The Morgan fingerprint density at radius 3 is 2.60 bits per heavy atom. The first-order valence-corrected chi connectivity index (χ1v) is 7.47. The summed E-state index contributed by atoms with van der Waals surface area (Å²) in [6.07, 6.45) is 3.45. The minimum atomic E-state index is -0.0697.